The first-order valence-electron chi connectivity index (χ1n) is 6.98. The molecule has 0 spiro atoms. The van der Waals surface area contributed by atoms with Crippen molar-refractivity contribution in [3.05, 3.63) is 34.4 Å². The molecule has 0 aromatic heterocycles. The van der Waals surface area contributed by atoms with E-state index < -0.39 is 5.97 Å². The second-order valence-corrected chi connectivity index (χ2v) is 5.39. The zero-order valence-electron chi connectivity index (χ0n) is 12.2. The molecule has 0 radical (unpaired) electrons. The van der Waals surface area contributed by atoms with Crippen LogP contribution in [0.4, 0.5) is 0 Å². The number of carboxylic acid groups (broad SMARTS) is 1. The molecule has 1 fully saturated rings. The van der Waals surface area contributed by atoms with E-state index >= 15 is 0 Å². The molecule has 0 saturated heterocycles. The summed E-state index contributed by atoms with van der Waals surface area (Å²) in [6.07, 6.45) is 2.10. The summed E-state index contributed by atoms with van der Waals surface area (Å²) in [5.74, 6) is -1.36. The number of nitrogens with zero attached hydrogens (tertiary/aromatic N) is 2. The number of amides is 1. The number of rotatable bonds is 5. The molecule has 21 heavy (non-hydrogen) atoms. The first-order valence-corrected chi connectivity index (χ1v) is 6.98. The molecule has 2 rings (SSSR count). The van der Waals surface area contributed by atoms with Gasteiger partial charge in [-0.05, 0) is 37.8 Å². The van der Waals surface area contributed by atoms with Gasteiger partial charge in [0.2, 0.25) is 0 Å². The van der Waals surface area contributed by atoms with Crippen molar-refractivity contribution in [3.8, 4) is 6.07 Å². The van der Waals surface area contributed by atoms with Crippen molar-refractivity contribution in [2.45, 2.75) is 39.2 Å². The van der Waals surface area contributed by atoms with Crippen molar-refractivity contribution in [2.24, 2.45) is 0 Å². The molecule has 1 aliphatic rings. The maximum Gasteiger partial charge on any atom is 0.336 e. The average Bonchev–Trinajstić information content (AvgIpc) is 3.25. The fourth-order valence-electron chi connectivity index (χ4n) is 2.51. The van der Waals surface area contributed by atoms with Gasteiger partial charge in [0.15, 0.2) is 0 Å². The number of hydrogen-bond acceptors (Lipinski definition) is 3. The predicted molar refractivity (Wildman–Crippen MR) is 77.2 cm³/mol. The number of aromatic carboxylic acids is 1. The molecule has 1 aromatic rings. The second-order valence-electron chi connectivity index (χ2n) is 5.39. The minimum Gasteiger partial charge on any atom is -0.478 e. The SMILES string of the molecule is Cc1ccc(C)c(C(=O)N(CCC#N)C2CC2)c1C(=O)O. The van der Waals surface area contributed by atoms with Crippen LogP contribution in [-0.4, -0.2) is 34.5 Å². The summed E-state index contributed by atoms with van der Waals surface area (Å²) in [6, 6.07) is 5.67. The lowest BCUT2D eigenvalue weighted by atomic mass is 9.96. The molecule has 110 valence electrons. The Morgan fingerprint density at radius 3 is 2.33 bits per heavy atom. The zero-order chi connectivity index (χ0) is 15.6. The molecule has 0 aliphatic heterocycles. The summed E-state index contributed by atoms with van der Waals surface area (Å²) in [5, 5.41) is 18.1. The van der Waals surface area contributed by atoms with Gasteiger partial charge in [0.25, 0.3) is 5.91 Å². The third-order valence-corrected chi connectivity index (χ3v) is 3.76. The molecule has 0 atom stereocenters. The Kier molecular flexibility index (Phi) is 4.27. The average molecular weight is 286 g/mol. The van der Waals surface area contributed by atoms with E-state index in [0.717, 1.165) is 12.8 Å². The van der Waals surface area contributed by atoms with E-state index in [2.05, 4.69) is 0 Å². The number of carbonyl (C=O) groups is 2. The smallest absolute Gasteiger partial charge is 0.336 e. The molecule has 1 N–H and O–H groups in total. The highest BCUT2D eigenvalue weighted by Gasteiger charge is 2.35. The van der Waals surface area contributed by atoms with Crippen molar-refractivity contribution in [1.29, 1.82) is 5.26 Å². The Morgan fingerprint density at radius 2 is 1.86 bits per heavy atom. The molecule has 1 amide bonds. The van der Waals surface area contributed by atoms with Crippen LogP contribution in [-0.2, 0) is 0 Å². The molecule has 0 heterocycles. The number of hydrogen-bond donors (Lipinski definition) is 1. The van der Waals surface area contributed by atoms with Crippen molar-refractivity contribution in [2.75, 3.05) is 6.54 Å². The van der Waals surface area contributed by atoms with Crippen LogP contribution in [0, 0.1) is 25.2 Å². The Labute approximate surface area is 123 Å². The van der Waals surface area contributed by atoms with E-state index in [1.165, 1.54) is 0 Å². The van der Waals surface area contributed by atoms with Gasteiger partial charge in [-0.25, -0.2) is 4.79 Å². The molecule has 1 aromatic carbocycles. The second kappa shape index (κ2) is 5.96. The summed E-state index contributed by atoms with van der Waals surface area (Å²) < 4.78 is 0. The lowest BCUT2D eigenvalue weighted by Gasteiger charge is -2.23. The molecular weight excluding hydrogens is 268 g/mol. The quantitative estimate of drug-likeness (QED) is 0.901. The summed E-state index contributed by atoms with van der Waals surface area (Å²) in [5.41, 5.74) is 1.56. The number of aryl methyl sites for hydroxylation is 2. The van der Waals surface area contributed by atoms with Gasteiger partial charge in [0.1, 0.15) is 0 Å². The minimum absolute atomic E-state index is 0.0719. The van der Waals surface area contributed by atoms with E-state index in [1.54, 1.807) is 30.9 Å². The maximum atomic E-state index is 12.8. The van der Waals surface area contributed by atoms with Crippen LogP contribution in [0.3, 0.4) is 0 Å². The number of carbonyl (C=O) groups excluding carboxylic acids is 1. The van der Waals surface area contributed by atoms with Crippen LogP contribution in [0.15, 0.2) is 12.1 Å². The van der Waals surface area contributed by atoms with Crippen molar-refractivity contribution < 1.29 is 14.7 Å². The Bertz CT molecular complexity index is 627. The van der Waals surface area contributed by atoms with Gasteiger partial charge in [-0.15, -0.1) is 0 Å². The van der Waals surface area contributed by atoms with Gasteiger partial charge >= 0.3 is 5.97 Å². The van der Waals surface area contributed by atoms with Gasteiger partial charge in [-0.2, -0.15) is 5.26 Å². The first-order chi connectivity index (χ1) is 9.97. The standard InChI is InChI=1S/C16H18N2O3/c1-10-4-5-11(2)14(16(20)21)13(10)15(19)18(9-3-8-17)12-6-7-12/h4-5,12H,3,6-7,9H2,1-2H3,(H,20,21). The fraction of sp³-hybridized carbons (Fsp3) is 0.438. The van der Waals surface area contributed by atoms with Gasteiger partial charge in [0, 0.05) is 12.6 Å². The van der Waals surface area contributed by atoms with Crippen molar-refractivity contribution >= 4 is 11.9 Å². The Balaban J connectivity index is 2.44. The van der Waals surface area contributed by atoms with Gasteiger partial charge in [0.05, 0.1) is 23.6 Å². The lowest BCUT2D eigenvalue weighted by molar-refractivity contribution is 0.0671. The number of carboxylic acids is 1. The molecule has 0 unspecified atom stereocenters. The van der Waals surface area contributed by atoms with Crippen LogP contribution < -0.4 is 0 Å². The topological polar surface area (TPSA) is 81.4 Å². The van der Waals surface area contributed by atoms with Gasteiger partial charge < -0.3 is 10.0 Å². The van der Waals surface area contributed by atoms with E-state index in [9.17, 15) is 14.7 Å². The third kappa shape index (κ3) is 3.05. The summed E-state index contributed by atoms with van der Waals surface area (Å²) in [6.45, 7) is 3.79. The van der Waals surface area contributed by atoms with Crippen LogP contribution in [0.1, 0.15) is 51.1 Å². The first kappa shape index (κ1) is 15.0. The molecule has 1 aliphatic carbocycles. The highest BCUT2D eigenvalue weighted by molar-refractivity contribution is 6.06. The largest absolute Gasteiger partial charge is 0.478 e. The molecule has 5 nitrogen and oxygen atoms in total. The van der Waals surface area contributed by atoms with Gasteiger partial charge in [-0.1, -0.05) is 12.1 Å². The van der Waals surface area contributed by atoms with Crippen molar-refractivity contribution in [3.63, 3.8) is 0 Å². The highest BCUT2D eigenvalue weighted by Crippen LogP contribution is 2.30. The summed E-state index contributed by atoms with van der Waals surface area (Å²) in [4.78, 5) is 25.9. The van der Waals surface area contributed by atoms with Crippen LogP contribution in [0.5, 0.6) is 0 Å². The van der Waals surface area contributed by atoms with Crippen LogP contribution in [0.2, 0.25) is 0 Å². The van der Waals surface area contributed by atoms with E-state index in [1.807, 2.05) is 6.07 Å². The number of nitriles is 1. The number of benzene rings is 1. The molecule has 1 saturated carbocycles. The summed E-state index contributed by atoms with van der Waals surface area (Å²) >= 11 is 0. The zero-order valence-corrected chi connectivity index (χ0v) is 12.2. The molecule has 0 bridgehead atoms. The maximum absolute atomic E-state index is 12.8. The van der Waals surface area contributed by atoms with Gasteiger partial charge in [-0.3, -0.25) is 4.79 Å². The minimum atomic E-state index is -1.09. The van der Waals surface area contributed by atoms with Crippen LogP contribution in [0.25, 0.3) is 0 Å². The van der Waals surface area contributed by atoms with E-state index in [0.29, 0.717) is 17.7 Å². The van der Waals surface area contributed by atoms with Crippen LogP contribution >= 0.6 is 0 Å². The molecular formula is C16H18N2O3. The predicted octanol–water partition coefficient (Wildman–Crippen LogP) is 2.52. The van der Waals surface area contributed by atoms with E-state index in [-0.39, 0.29) is 29.5 Å². The Morgan fingerprint density at radius 1 is 1.29 bits per heavy atom. The Hall–Kier alpha value is -2.35. The normalized spacial score (nSPS) is 13.6. The monoisotopic (exact) mass is 286 g/mol. The highest BCUT2D eigenvalue weighted by atomic mass is 16.4. The molecule has 5 heteroatoms. The lowest BCUT2D eigenvalue weighted by Crippen LogP contribution is -2.35. The summed E-state index contributed by atoms with van der Waals surface area (Å²) in [7, 11) is 0. The van der Waals surface area contributed by atoms with Crippen molar-refractivity contribution in [1.82, 2.24) is 4.90 Å². The third-order valence-electron chi connectivity index (χ3n) is 3.76. The van der Waals surface area contributed by atoms with E-state index in [4.69, 9.17) is 5.26 Å². The fourth-order valence-corrected chi connectivity index (χ4v) is 2.51.